The number of methoxy groups -OCH3 is 2. The fourth-order valence-corrected chi connectivity index (χ4v) is 2.88. The number of unbranched alkanes of at least 4 members (excludes halogenated alkanes) is 1. The molecular formula is C19H29N7O3. The number of nitrogens with zero attached hydrogens (tertiary/aromatic N) is 2. The zero-order valence-corrected chi connectivity index (χ0v) is 17.3. The molecule has 0 aliphatic carbocycles. The Hall–Kier alpha value is -3.30. The summed E-state index contributed by atoms with van der Waals surface area (Å²) in [5, 5.41) is 25.2. The lowest BCUT2D eigenvalue weighted by atomic mass is 10.2. The highest BCUT2D eigenvalue weighted by Gasteiger charge is 2.14. The number of amides is 2. The van der Waals surface area contributed by atoms with Crippen molar-refractivity contribution in [3.05, 3.63) is 17.6 Å². The van der Waals surface area contributed by atoms with Crippen LogP contribution in [0.25, 0.3) is 11.0 Å². The van der Waals surface area contributed by atoms with Crippen molar-refractivity contribution in [1.29, 1.82) is 10.8 Å². The predicted octanol–water partition coefficient (Wildman–Crippen LogP) is 1.89. The van der Waals surface area contributed by atoms with Crippen molar-refractivity contribution in [1.82, 2.24) is 20.2 Å². The average molecular weight is 403 g/mol. The number of carbonyl (C=O) groups excluding carboxylic acids is 1. The van der Waals surface area contributed by atoms with Gasteiger partial charge in [-0.25, -0.2) is 9.78 Å². The molecule has 10 nitrogen and oxygen atoms in total. The Morgan fingerprint density at radius 2 is 1.79 bits per heavy atom. The van der Waals surface area contributed by atoms with Gasteiger partial charge in [0.15, 0.2) is 22.8 Å². The van der Waals surface area contributed by atoms with Gasteiger partial charge in [-0.15, -0.1) is 0 Å². The molecule has 0 saturated heterocycles. The van der Waals surface area contributed by atoms with Gasteiger partial charge in [-0.1, -0.05) is 0 Å². The van der Waals surface area contributed by atoms with Crippen LogP contribution in [0.5, 0.6) is 11.5 Å². The summed E-state index contributed by atoms with van der Waals surface area (Å²) >= 11 is 0. The van der Waals surface area contributed by atoms with Gasteiger partial charge in [0.2, 0.25) is 0 Å². The lowest BCUT2D eigenvalue weighted by Crippen LogP contribution is -2.35. The maximum Gasteiger partial charge on any atom is 0.314 e. The summed E-state index contributed by atoms with van der Waals surface area (Å²) in [6.07, 6.45) is 1.58. The molecular weight excluding hydrogens is 374 g/mol. The van der Waals surface area contributed by atoms with Gasteiger partial charge in [-0.3, -0.25) is 15.4 Å². The number of carbonyl (C=O) groups is 1. The molecule has 29 heavy (non-hydrogen) atoms. The molecule has 0 fully saturated rings. The van der Waals surface area contributed by atoms with E-state index in [9.17, 15) is 4.79 Å². The van der Waals surface area contributed by atoms with Crippen LogP contribution in [0.3, 0.4) is 0 Å². The molecule has 10 heteroatoms. The second kappa shape index (κ2) is 10.3. The van der Waals surface area contributed by atoms with E-state index in [0.29, 0.717) is 48.0 Å². The molecule has 0 radical (unpaired) electrons. The zero-order chi connectivity index (χ0) is 21.4. The molecule has 0 saturated carbocycles. The first-order valence-electron chi connectivity index (χ1n) is 9.47. The van der Waals surface area contributed by atoms with E-state index in [1.54, 1.807) is 26.2 Å². The van der Waals surface area contributed by atoms with Crippen molar-refractivity contribution in [2.75, 3.05) is 39.2 Å². The third kappa shape index (κ3) is 5.37. The van der Waals surface area contributed by atoms with Crippen molar-refractivity contribution in [3.63, 3.8) is 0 Å². The molecule has 1 aromatic carbocycles. The smallest absolute Gasteiger partial charge is 0.314 e. The molecule has 1 heterocycles. The summed E-state index contributed by atoms with van der Waals surface area (Å²) < 4.78 is 12.2. The zero-order valence-electron chi connectivity index (χ0n) is 17.3. The van der Waals surface area contributed by atoms with Crippen LogP contribution in [0.1, 0.15) is 26.7 Å². The van der Waals surface area contributed by atoms with Crippen molar-refractivity contribution in [2.45, 2.75) is 26.7 Å². The molecule has 2 rings (SSSR count). The Labute approximate surface area is 169 Å². The van der Waals surface area contributed by atoms with Crippen LogP contribution in [-0.4, -0.2) is 55.3 Å². The van der Waals surface area contributed by atoms with E-state index in [-0.39, 0.29) is 17.4 Å². The van der Waals surface area contributed by atoms with Crippen LogP contribution >= 0.6 is 0 Å². The summed E-state index contributed by atoms with van der Waals surface area (Å²) in [6.45, 7) is 5.24. The van der Waals surface area contributed by atoms with Crippen molar-refractivity contribution in [3.8, 4) is 11.5 Å². The van der Waals surface area contributed by atoms with E-state index in [4.69, 9.17) is 20.3 Å². The minimum absolute atomic E-state index is 0.0951. The van der Waals surface area contributed by atoms with Crippen LogP contribution in [0.4, 0.5) is 10.6 Å². The first kappa shape index (κ1) is 22.0. The van der Waals surface area contributed by atoms with E-state index in [0.717, 1.165) is 12.8 Å². The van der Waals surface area contributed by atoms with Crippen LogP contribution in [0.15, 0.2) is 12.1 Å². The van der Waals surface area contributed by atoms with Gasteiger partial charge in [0, 0.05) is 31.8 Å². The highest BCUT2D eigenvalue weighted by atomic mass is 16.5. The van der Waals surface area contributed by atoms with Gasteiger partial charge in [0.25, 0.3) is 0 Å². The maximum absolute atomic E-state index is 11.4. The van der Waals surface area contributed by atoms with Gasteiger partial charge in [0.05, 0.1) is 25.3 Å². The maximum atomic E-state index is 11.4. The molecule has 0 aliphatic heterocycles. The molecule has 5 N–H and O–H groups in total. The molecule has 0 aliphatic rings. The van der Waals surface area contributed by atoms with Crippen molar-refractivity contribution >= 4 is 28.7 Å². The number of fused-ring (bicyclic) bond motifs is 1. The summed E-state index contributed by atoms with van der Waals surface area (Å²) in [5.41, 5.74) is 1.28. The number of rotatable bonds is 9. The molecule has 158 valence electrons. The molecule has 0 spiro atoms. The fourth-order valence-electron chi connectivity index (χ4n) is 2.88. The van der Waals surface area contributed by atoms with E-state index >= 15 is 0 Å². The summed E-state index contributed by atoms with van der Waals surface area (Å²) in [7, 11) is 3.09. The first-order chi connectivity index (χ1) is 13.9. The molecule has 1 aromatic heterocycles. The van der Waals surface area contributed by atoms with Gasteiger partial charge in [0.1, 0.15) is 5.84 Å². The summed E-state index contributed by atoms with van der Waals surface area (Å²) in [6, 6.07) is 3.28. The van der Waals surface area contributed by atoms with Crippen LogP contribution in [0.2, 0.25) is 0 Å². The summed E-state index contributed by atoms with van der Waals surface area (Å²) in [5.74, 6) is 1.62. The molecule has 2 aromatic rings. The van der Waals surface area contributed by atoms with Gasteiger partial charge in [-0.2, -0.15) is 0 Å². The van der Waals surface area contributed by atoms with Crippen LogP contribution in [-0.2, 0) is 0 Å². The van der Waals surface area contributed by atoms with Crippen molar-refractivity contribution < 1.29 is 14.3 Å². The SMILES string of the molecule is CCNC(=O)NCCCCNc1nc2cc(OC)c(OC)cc2n(C(C)=N)c1=N. The quantitative estimate of drug-likeness (QED) is 0.247. The number of hydrogen-bond donors (Lipinski definition) is 5. The molecule has 2 amide bonds. The molecule has 0 unspecified atom stereocenters. The first-order valence-corrected chi connectivity index (χ1v) is 9.47. The van der Waals surface area contributed by atoms with Gasteiger partial charge in [-0.05, 0) is 26.7 Å². The molecule has 0 bridgehead atoms. The Balaban J connectivity index is 2.17. The van der Waals surface area contributed by atoms with E-state index in [2.05, 4.69) is 20.9 Å². The Morgan fingerprint density at radius 3 is 2.41 bits per heavy atom. The number of ether oxygens (including phenoxy) is 2. The Kier molecular flexibility index (Phi) is 7.81. The van der Waals surface area contributed by atoms with Crippen molar-refractivity contribution in [2.24, 2.45) is 0 Å². The number of anilines is 1. The average Bonchev–Trinajstić information content (AvgIpc) is 2.69. The lowest BCUT2D eigenvalue weighted by Gasteiger charge is -2.16. The number of urea groups is 1. The molecule has 0 atom stereocenters. The fraction of sp³-hybridized carbons (Fsp3) is 0.474. The number of hydrogen-bond acceptors (Lipinski definition) is 7. The highest BCUT2D eigenvalue weighted by molar-refractivity contribution is 5.92. The minimum Gasteiger partial charge on any atom is -0.493 e. The number of aromatic nitrogens is 2. The number of benzene rings is 1. The normalized spacial score (nSPS) is 10.5. The summed E-state index contributed by atoms with van der Waals surface area (Å²) in [4.78, 5) is 15.9. The van der Waals surface area contributed by atoms with Gasteiger partial charge < -0.3 is 25.4 Å². The third-order valence-electron chi connectivity index (χ3n) is 4.26. The van der Waals surface area contributed by atoms with Crippen LogP contribution in [0, 0.1) is 10.8 Å². The Bertz CT molecular complexity index is 940. The predicted molar refractivity (Wildman–Crippen MR) is 112 cm³/mol. The van der Waals surface area contributed by atoms with E-state index in [1.807, 2.05) is 6.92 Å². The Morgan fingerprint density at radius 1 is 1.14 bits per heavy atom. The standard InChI is InChI=1S/C19H29N7O3/c1-5-22-19(27)24-9-7-6-8-23-18-17(21)26(12(2)20)14-11-16(29-4)15(28-3)10-13(14)25-18/h10-11,20-21H,5-9H2,1-4H3,(H,23,25)(H2,22,24,27). The monoisotopic (exact) mass is 403 g/mol. The van der Waals surface area contributed by atoms with E-state index in [1.165, 1.54) is 11.7 Å². The second-order valence-electron chi connectivity index (χ2n) is 6.35. The van der Waals surface area contributed by atoms with Crippen LogP contribution < -0.4 is 30.9 Å². The largest absolute Gasteiger partial charge is 0.493 e. The minimum atomic E-state index is -0.169. The lowest BCUT2D eigenvalue weighted by molar-refractivity contribution is 0.241. The van der Waals surface area contributed by atoms with Gasteiger partial charge >= 0.3 is 6.03 Å². The highest BCUT2D eigenvalue weighted by Crippen LogP contribution is 2.31. The number of nitrogens with one attached hydrogen (secondary N) is 5. The topological polar surface area (TPSA) is 137 Å². The second-order valence-corrected chi connectivity index (χ2v) is 6.35. The third-order valence-corrected chi connectivity index (χ3v) is 4.26. The van der Waals surface area contributed by atoms with E-state index < -0.39 is 0 Å².